The van der Waals surface area contributed by atoms with Crippen LogP contribution in [0.4, 0.5) is 4.39 Å². The fourth-order valence-corrected chi connectivity index (χ4v) is 10.7. The van der Waals surface area contributed by atoms with E-state index >= 15 is 0 Å². The number of allylic oxidation sites excluding steroid dienone is 1. The Morgan fingerprint density at radius 2 is 1.83 bits per heavy atom. The van der Waals surface area contributed by atoms with Gasteiger partial charge in [0.1, 0.15) is 23.6 Å². The zero-order valence-corrected chi connectivity index (χ0v) is 24.4. The average Bonchev–Trinajstić information content (AvgIpc) is 3.58. The summed E-state index contributed by atoms with van der Waals surface area (Å²) in [6.07, 6.45) is 5.89. The summed E-state index contributed by atoms with van der Waals surface area (Å²) in [6, 6.07) is 5.97. The van der Waals surface area contributed by atoms with Gasteiger partial charge in [0.05, 0.1) is 23.7 Å². The maximum Gasteiger partial charge on any atom is 0.336 e. The van der Waals surface area contributed by atoms with Gasteiger partial charge in [-0.15, -0.1) is 0 Å². The number of esters is 1. The predicted octanol–water partition coefficient (Wildman–Crippen LogP) is 5.02. The van der Waals surface area contributed by atoms with Gasteiger partial charge in [0, 0.05) is 12.0 Å². The first-order chi connectivity index (χ1) is 19.5. The topological polar surface area (TPSA) is 96.4 Å². The summed E-state index contributed by atoms with van der Waals surface area (Å²) in [5.74, 6) is 0.637. The molecule has 2 N–H and O–H groups in total. The number of carbonyl (C=O) groups excluding carboxylic acids is 2. The Labute approximate surface area is 241 Å². The van der Waals surface area contributed by atoms with E-state index in [1.807, 2.05) is 13.8 Å². The molecule has 1 aromatic carbocycles. The third-order valence-electron chi connectivity index (χ3n) is 12.9. The second-order valence-electron chi connectivity index (χ2n) is 14.2. The normalized spacial score (nSPS) is 45.6. The summed E-state index contributed by atoms with van der Waals surface area (Å²) < 4.78 is 26.0. The first-order valence-corrected chi connectivity index (χ1v) is 15.4. The quantitative estimate of drug-likeness (QED) is 0.394. The molecule has 0 unspecified atom stereocenters. The molecule has 0 amide bonds. The molecule has 220 valence electrons. The lowest BCUT2D eigenvalue weighted by Crippen LogP contribution is -2.64. The molecule has 2 heterocycles. The summed E-state index contributed by atoms with van der Waals surface area (Å²) in [4.78, 5) is 27.0. The first-order valence-electron chi connectivity index (χ1n) is 15.4. The minimum atomic E-state index is -0.887. The maximum atomic E-state index is 14.4. The standard InChI is InChI=1S/C34H41FO6/c1-17-13-27(40-31(39)23(17)16-36)18(2)24-9-10-25-22-15-29-34(41-29)28(37)14-21(19-5-7-20(35)8-6-19)30(38)33(34,4)26(22)11-12-32(24,25)3/h5-8,14,18,22,24-29,36-37H,9-13,15-16H2,1-4H3/t18-,22-,24+,25-,26-,27+,28-,29+,32+,33-,34+/m0/s1. The summed E-state index contributed by atoms with van der Waals surface area (Å²) in [6.45, 7) is 8.29. The Balaban J connectivity index is 1.18. The van der Waals surface area contributed by atoms with E-state index in [0.29, 0.717) is 40.9 Å². The van der Waals surface area contributed by atoms with E-state index in [1.165, 1.54) is 12.1 Å². The fourth-order valence-electron chi connectivity index (χ4n) is 10.7. The van der Waals surface area contributed by atoms with E-state index in [1.54, 1.807) is 18.2 Å². The predicted molar refractivity (Wildman–Crippen MR) is 150 cm³/mol. The number of fused-ring (bicyclic) bond motifs is 4. The van der Waals surface area contributed by atoms with Crippen molar-refractivity contribution >= 4 is 17.3 Å². The number of ether oxygens (including phenoxy) is 2. The van der Waals surface area contributed by atoms with Crippen LogP contribution in [0.3, 0.4) is 0 Å². The van der Waals surface area contributed by atoms with Gasteiger partial charge in [-0.25, -0.2) is 9.18 Å². The first kappa shape index (κ1) is 27.5. The summed E-state index contributed by atoms with van der Waals surface area (Å²) in [5, 5.41) is 21.1. The van der Waals surface area contributed by atoms with Gasteiger partial charge in [0.15, 0.2) is 5.78 Å². The number of cyclic esters (lactones) is 1. The Morgan fingerprint density at radius 3 is 2.51 bits per heavy atom. The molecule has 2 aliphatic heterocycles. The van der Waals surface area contributed by atoms with Gasteiger partial charge in [0.25, 0.3) is 0 Å². The third-order valence-corrected chi connectivity index (χ3v) is 12.9. The molecule has 1 spiro atoms. The average molecular weight is 565 g/mol. The SMILES string of the molecule is CC1=C(CO)C(=O)O[C@@H]([C@@H](C)[C@H]2CC[C@H]3[C@@H]4C[C@H]5O[C@]56[C@@H](O)C=C(c5ccc(F)cc5)C(=O)[C@]6(C)[C@H]4CC[C@]23C)C1. The van der Waals surface area contributed by atoms with Gasteiger partial charge in [-0.3, -0.25) is 4.79 Å². The zero-order valence-electron chi connectivity index (χ0n) is 24.4. The van der Waals surface area contributed by atoms with Crippen molar-refractivity contribution in [2.45, 2.75) is 90.1 Å². The molecule has 0 bridgehead atoms. The van der Waals surface area contributed by atoms with Crippen LogP contribution in [0, 0.1) is 46.2 Å². The van der Waals surface area contributed by atoms with Crippen molar-refractivity contribution in [2.24, 2.45) is 40.4 Å². The molecule has 0 radical (unpaired) electrons. The summed E-state index contributed by atoms with van der Waals surface area (Å²) >= 11 is 0. The van der Waals surface area contributed by atoms with Crippen LogP contribution in [-0.2, 0) is 19.1 Å². The van der Waals surface area contributed by atoms with Crippen LogP contribution in [0.1, 0.15) is 71.8 Å². The second-order valence-corrected chi connectivity index (χ2v) is 14.2. The Kier molecular flexibility index (Phi) is 6.08. The monoisotopic (exact) mass is 564 g/mol. The van der Waals surface area contributed by atoms with Gasteiger partial charge >= 0.3 is 5.97 Å². The highest BCUT2D eigenvalue weighted by Gasteiger charge is 2.81. The molecule has 7 rings (SSSR count). The number of Topliss-reactive ketones (excluding diaryl/α,β-unsaturated/α-hetero) is 1. The van der Waals surface area contributed by atoms with Crippen molar-refractivity contribution in [3.05, 3.63) is 52.9 Å². The molecule has 4 fully saturated rings. The van der Waals surface area contributed by atoms with Crippen molar-refractivity contribution in [3.8, 4) is 0 Å². The number of ketones is 1. The van der Waals surface area contributed by atoms with E-state index in [4.69, 9.17) is 9.47 Å². The third kappa shape index (κ3) is 3.52. The number of rotatable bonds is 4. The lowest BCUT2D eigenvalue weighted by Gasteiger charge is -2.58. The molecule has 1 aromatic rings. The van der Waals surface area contributed by atoms with Crippen LogP contribution < -0.4 is 0 Å². The minimum Gasteiger partial charge on any atom is -0.458 e. The molecule has 7 heteroatoms. The highest BCUT2D eigenvalue weighted by atomic mass is 19.1. The number of epoxide rings is 1. The Morgan fingerprint density at radius 1 is 1.10 bits per heavy atom. The van der Waals surface area contributed by atoms with Gasteiger partial charge in [-0.1, -0.05) is 31.6 Å². The van der Waals surface area contributed by atoms with Crippen molar-refractivity contribution in [1.82, 2.24) is 0 Å². The van der Waals surface area contributed by atoms with E-state index < -0.39 is 23.1 Å². The van der Waals surface area contributed by atoms with E-state index in [0.717, 1.165) is 37.7 Å². The van der Waals surface area contributed by atoms with E-state index in [-0.39, 0.29) is 47.7 Å². The molecule has 11 atom stereocenters. The molecule has 6 aliphatic rings. The van der Waals surface area contributed by atoms with E-state index in [2.05, 4.69) is 13.8 Å². The van der Waals surface area contributed by atoms with Gasteiger partial charge < -0.3 is 19.7 Å². The van der Waals surface area contributed by atoms with Crippen LogP contribution in [0.5, 0.6) is 0 Å². The van der Waals surface area contributed by atoms with Crippen LogP contribution in [-0.4, -0.2) is 52.5 Å². The zero-order chi connectivity index (χ0) is 29.1. The molecular formula is C34H41FO6. The number of hydrogen-bond donors (Lipinski definition) is 2. The van der Waals surface area contributed by atoms with Crippen molar-refractivity contribution in [1.29, 1.82) is 0 Å². The largest absolute Gasteiger partial charge is 0.458 e. The summed E-state index contributed by atoms with van der Waals surface area (Å²) in [5.41, 5.74) is 0.739. The lowest BCUT2D eigenvalue weighted by atomic mass is 9.43. The Hall–Kier alpha value is -2.35. The fraction of sp³-hybridized carbons (Fsp3) is 0.647. The molecule has 0 aromatic heterocycles. The second kappa shape index (κ2) is 9.08. The van der Waals surface area contributed by atoms with Crippen LogP contribution in [0.2, 0.25) is 0 Å². The highest BCUT2D eigenvalue weighted by molar-refractivity contribution is 6.25. The lowest BCUT2D eigenvalue weighted by molar-refractivity contribution is -0.155. The molecule has 1 saturated heterocycles. The maximum absolute atomic E-state index is 14.4. The highest BCUT2D eigenvalue weighted by Crippen LogP contribution is 2.73. The smallest absolute Gasteiger partial charge is 0.336 e. The molecule has 3 saturated carbocycles. The van der Waals surface area contributed by atoms with Gasteiger partial charge in [0.2, 0.25) is 0 Å². The minimum absolute atomic E-state index is 0.00851. The Bertz CT molecular complexity index is 1370. The van der Waals surface area contributed by atoms with Crippen molar-refractivity contribution < 1.29 is 33.7 Å². The number of aliphatic hydroxyl groups is 2. The van der Waals surface area contributed by atoms with Gasteiger partial charge in [-0.2, -0.15) is 0 Å². The van der Waals surface area contributed by atoms with Crippen LogP contribution in [0.25, 0.3) is 5.57 Å². The van der Waals surface area contributed by atoms with E-state index in [9.17, 15) is 24.2 Å². The number of halogens is 1. The van der Waals surface area contributed by atoms with Crippen LogP contribution in [0.15, 0.2) is 41.5 Å². The molecule has 6 nitrogen and oxygen atoms in total. The molecule has 4 aliphatic carbocycles. The summed E-state index contributed by atoms with van der Waals surface area (Å²) in [7, 11) is 0. The number of hydrogen-bond acceptors (Lipinski definition) is 6. The molecule has 41 heavy (non-hydrogen) atoms. The van der Waals surface area contributed by atoms with Crippen LogP contribution >= 0.6 is 0 Å². The number of carbonyl (C=O) groups is 2. The van der Waals surface area contributed by atoms with Crippen molar-refractivity contribution in [2.75, 3.05) is 6.61 Å². The number of aliphatic hydroxyl groups excluding tert-OH is 2. The van der Waals surface area contributed by atoms with Gasteiger partial charge in [-0.05, 0) is 105 Å². The molecular weight excluding hydrogens is 523 g/mol. The number of benzene rings is 1. The van der Waals surface area contributed by atoms with Crippen molar-refractivity contribution in [3.63, 3.8) is 0 Å².